The zero-order valence-electron chi connectivity index (χ0n) is 13.3. The van der Waals surface area contributed by atoms with E-state index in [-0.39, 0.29) is 21.6 Å². The summed E-state index contributed by atoms with van der Waals surface area (Å²) in [5, 5.41) is 2.97. The molecule has 0 saturated carbocycles. The molecule has 2 rings (SSSR count). The lowest BCUT2D eigenvalue weighted by molar-refractivity contribution is 0.0827. The minimum atomic E-state index is -0.450. The first-order chi connectivity index (χ1) is 11.3. The van der Waals surface area contributed by atoms with Crippen molar-refractivity contribution >= 4 is 40.7 Å². The summed E-state index contributed by atoms with van der Waals surface area (Å²) in [5.41, 5.74) is 1.01. The number of ether oxygens (including phenoxy) is 1. The fourth-order valence-corrected chi connectivity index (χ4v) is 2.21. The smallest absolute Gasteiger partial charge is 0.257 e. The van der Waals surface area contributed by atoms with Crippen molar-refractivity contribution in [3.63, 3.8) is 0 Å². The van der Waals surface area contributed by atoms with Crippen LogP contribution >= 0.6 is 23.2 Å². The second-order valence-corrected chi connectivity index (χ2v) is 5.83. The number of amides is 2. The summed E-state index contributed by atoms with van der Waals surface area (Å²) in [6.45, 7) is 0. The summed E-state index contributed by atoms with van der Waals surface area (Å²) in [5.74, 6) is -0.218. The fourth-order valence-electron chi connectivity index (χ4n) is 1.94. The zero-order valence-corrected chi connectivity index (χ0v) is 14.8. The maximum Gasteiger partial charge on any atom is 0.257 e. The lowest BCUT2D eigenvalue weighted by Gasteiger charge is -2.14. The van der Waals surface area contributed by atoms with Gasteiger partial charge in [-0.2, -0.15) is 0 Å². The monoisotopic (exact) mass is 367 g/mol. The molecule has 0 atom stereocenters. The third kappa shape index (κ3) is 3.96. The SMILES string of the molecule is COc1ccc(C(=O)N(C)C)cc1NC(=O)c1cnc(Cl)c(Cl)c1. The number of hydrogen-bond acceptors (Lipinski definition) is 4. The molecule has 24 heavy (non-hydrogen) atoms. The van der Waals surface area contributed by atoms with Gasteiger partial charge in [-0.3, -0.25) is 9.59 Å². The van der Waals surface area contributed by atoms with Crippen LogP contribution in [-0.4, -0.2) is 42.9 Å². The number of carbonyl (C=O) groups excluding carboxylic acids is 2. The van der Waals surface area contributed by atoms with E-state index in [9.17, 15) is 9.59 Å². The van der Waals surface area contributed by atoms with Gasteiger partial charge in [-0.05, 0) is 24.3 Å². The number of carbonyl (C=O) groups is 2. The molecule has 126 valence electrons. The van der Waals surface area contributed by atoms with Gasteiger partial charge in [-0.1, -0.05) is 23.2 Å². The molecule has 0 radical (unpaired) electrons. The van der Waals surface area contributed by atoms with E-state index in [0.29, 0.717) is 17.0 Å². The highest BCUT2D eigenvalue weighted by Crippen LogP contribution is 2.27. The number of pyridine rings is 1. The van der Waals surface area contributed by atoms with Gasteiger partial charge in [-0.25, -0.2) is 4.98 Å². The molecule has 0 fully saturated rings. The molecular formula is C16H15Cl2N3O3. The Kier molecular flexibility index (Phi) is 5.64. The first-order valence-electron chi connectivity index (χ1n) is 6.85. The molecule has 1 N–H and O–H groups in total. The van der Waals surface area contributed by atoms with Crippen molar-refractivity contribution in [2.24, 2.45) is 0 Å². The Morgan fingerprint density at radius 2 is 1.88 bits per heavy atom. The molecule has 0 aliphatic heterocycles. The Balaban J connectivity index is 2.33. The number of benzene rings is 1. The molecule has 1 aromatic carbocycles. The molecule has 0 spiro atoms. The van der Waals surface area contributed by atoms with Gasteiger partial charge in [0.1, 0.15) is 10.9 Å². The summed E-state index contributed by atoms with van der Waals surface area (Å²) >= 11 is 11.6. The topological polar surface area (TPSA) is 71.5 Å². The Labute approximate surface area is 149 Å². The van der Waals surface area contributed by atoms with E-state index in [4.69, 9.17) is 27.9 Å². The number of hydrogen-bond donors (Lipinski definition) is 1. The quantitative estimate of drug-likeness (QED) is 0.841. The van der Waals surface area contributed by atoms with Gasteiger partial charge in [0.15, 0.2) is 0 Å². The molecule has 2 amide bonds. The average molecular weight is 368 g/mol. The van der Waals surface area contributed by atoms with Crippen LogP contribution in [0, 0.1) is 0 Å². The van der Waals surface area contributed by atoms with Crippen LogP contribution in [0.15, 0.2) is 30.5 Å². The summed E-state index contributed by atoms with van der Waals surface area (Å²) in [6.07, 6.45) is 1.31. The van der Waals surface area contributed by atoms with Crippen molar-refractivity contribution in [3.8, 4) is 5.75 Å². The van der Waals surface area contributed by atoms with Crippen LogP contribution in [0.2, 0.25) is 10.2 Å². The van der Waals surface area contributed by atoms with E-state index in [1.54, 1.807) is 32.3 Å². The van der Waals surface area contributed by atoms with E-state index in [2.05, 4.69) is 10.3 Å². The third-order valence-electron chi connectivity index (χ3n) is 3.16. The molecule has 0 unspecified atom stereocenters. The van der Waals surface area contributed by atoms with Gasteiger partial charge in [-0.15, -0.1) is 0 Å². The van der Waals surface area contributed by atoms with Crippen LogP contribution in [0.3, 0.4) is 0 Å². The summed E-state index contributed by atoms with van der Waals surface area (Å²) < 4.78 is 5.22. The predicted octanol–water partition coefficient (Wildman–Crippen LogP) is 3.35. The number of anilines is 1. The highest BCUT2D eigenvalue weighted by molar-refractivity contribution is 6.41. The highest BCUT2D eigenvalue weighted by atomic mass is 35.5. The lowest BCUT2D eigenvalue weighted by Crippen LogP contribution is -2.22. The average Bonchev–Trinajstić information content (AvgIpc) is 2.56. The van der Waals surface area contributed by atoms with Gasteiger partial charge < -0.3 is 15.0 Å². The van der Waals surface area contributed by atoms with Crippen molar-refractivity contribution in [1.29, 1.82) is 0 Å². The summed E-state index contributed by atoms with van der Waals surface area (Å²) in [4.78, 5) is 29.7. The van der Waals surface area contributed by atoms with Crippen LogP contribution in [-0.2, 0) is 0 Å². The van der Waals surface area contributed by atoms with Crippen LogP contribution in [0.4, 0.5) is 5.69 Å². The van der Waals surface area contributed by atoms with Crippen molar-refractivity contribution in [2.45, 2.75) is 0 Å². The van der Waals surface area contributed by atoms with Gasteiger partial charge in [0.2, 0.25) is 0 Å². The Morgan fingerprint density at radius 1 is 1.17 bits per heavy atom. The number of aromatic nitrogens is 1. The second kappa shape index (κ2) is 7.51. The summed E-state index contributed by atoms with van der Waals surface area (Å²) in [6, 6.07) is 6.19. The first kappa shape index (κ1) is 18.0. The van der Waals surface area contributed by atoms with Crippen molar-refractivity contribution in [2.75, 3.05) is 26.5 Å². The number of methoxy groups -OCH3 is 1. The molecule has 0 aliphatic carbocycles. The molecule has 8 heteroatoms. The van der Waals surface area contributed by atoms with Crippen molar-refractivity contribution in [1.82, 2.24) is 9.88 Å². The maximum atomic E-state index is 12.4. The minimum absolute atomic E-state index is 0.115. The maximum absolute atomic E-state index is 12.4. The standard InChI is InChI=1S/C16H15Cl2N3O3/c1-21(2)16(23)9-4-5-13(24-3)12(7-9)20-15(22)10-6-11(17)14(18)19-8-10/h4-8H,1-3H3,(H,20,22). The van der Waals surface area contributed by atoms with Gasteiger partial charge in [0, 0.05) is 25.9 Å². The highest BCUT2D eigenvalue weighted by Gasteiger charge is 2.15. The molecule has 1 aromatic heterocycles. The van der Waals surface area contributed by atoms with E-state index in [1.165, 1.54) is 24.3 Å². The van der Waals surface area contributed by atoms with Gasteiger partial charge >= 0.3 is 0 Å². The van der Waals surface area contributed by atoms with Gasteiger partial charge in [0.05, 0.1) is 23.4 Å². The van der Waals surface area contributed by atoms with Crippen LogP contribution < -0.4 is 10.1 Å². The van der Waals surface area contributed by atoms with E-state index < -0.39 is 5.91 Å². The van der Waals surface area contributed by atoms with Gasteiger partial charge in [0.25, 0.3) is 11.8 Å². The number of nitrogens with zero attached hydrogens (tertiary/aromatic N) is 2. The normalized spacial score (nSPS) is 10.2. The number of rotatable bonds is 4. The van der Waals surface area contributed by atoms with Crippen LogP contribution in [0.25, 0.3) is 0 Å². The van der Waals surface area contributed by atoms with E-state index in [1.807, 2.05) is 0 Å². The molecule has 1 heterocycles. The van der Waals surface area contributed by atoms with Crippen LogP contribution in [0.5, 0.6) is 5.75 Å². The Bertz CT molecular complexity index is 794. The van der Waals surface area contributed by atoms with E-state index >= 15 is 0 Å². The molecule has 6 nitrogen and oxygen atoms in total. The first-order valence-corrected chi connectivity index (χ1v) is 7.61. The third-order valence-corrected chi connectivity index (χ3v) is 3.85. The van der Waals surface area contributed by atoms with Crippen molar-refractivity contribution < 1.29 is 14.3 Å². The minimum Gasteiger partial charge on any atom is -0.495 e. The predicted molar refractivity (Wildman–Crippen MR) is 93.2 cm³/mol. The lowest BCUT2D eigenvalue weighted by atomic mass is 10.1. The van der Waals surface area contributed by atoms with Crippen molar-refractivity contribution in [3.05, 3.63) is 51.8 Å². The second-order valence-electron chi connectivity index (χ2n) is 5.07. The Morgan fingerprint density at radius 3 is 2.46 bits per heavy atom. The summed E-state index contributed by atoms with van der Waals surface area (Å²) in [7, 11) is 4.76. The largest absolute Gasteiger partial charge is 0.495 e. The Hall–Kier alpha value is -2.31. The molecular weight excluding hydrogens is 353 g/mol. The fraction of sp³-hybridized carbons (Fsp3) is 0.188. The number of nitrogens with one attached hydrogen (secondary N) is 1. The molecule has 0 bridgehead atoms. The van der Waals surface area contributed by atoms with E-state index in [0.717, 1.165) is 0 Å². The molecule has 0 aliphatic rings. The van der Waals surface area contributed by atoms with Crippen LogP contribution in [0.1, 0.15) is 20.7 Å². The molecule has 2 aromatic rings. The number of halogens is 2. The molecule has 0 saturated heterocycles. The zero-order chi connectivity index (χ0) is 17.9.